The Morgan fingerprint density at radius 2 is 1.55 bits per heavy atom. The van der Waals surface area contributed by atoms with Gasteiger partial charge in [0.2, 0.25) is 5.91 Å². The Morgan fingerprint density at radius 3 is 2.27 bits per heavy atom. The lowest BCUT2D eigenvalue weighted by molar-refractivity contribution is -0.115. The van der Waals surface area contributed by atoms with Crippen molar-refractivity contribution < 1.29 is 4.79 Å². The summed E-state index contributed by atoms with van der Waals surface area (Å²) >= 11 is 0. The summed E-state index contributed by atoms with van der Waals surface area (Å²) in [5.74, 6) is 0.0322. The number of aryl methyl sites for hydroxylation is 4. The van der Waals surface area contributed by atoms with E-state index in [1.807, 2.05) is 26.0 Å². The Labute approximate surface area is 132 Å². The maximum Gasteiger partial charge on any atom is 0.226 e. The summed E-state index contributed by atoms with van der Waals surface area (Å²) in [6.07, 6.45) is 0.445. The van der Waals surface area contributed by atoms with Crippen LogP contribution in [0, 0.1) is 27.7 Å². The fourth-order valence-corrected chi connectivity index (χ4v) is 2.40. The molecule has 116 valence electrons. The smallest absolute Gasteiger partial charge is 0.226 e. The van der Waals surface area contributed by atoms with Crippen molar-refractivity contribution in [1.82, 2.24) is 0 Å². The van der Waals surface area contributed by atoms with Crippen LogP contribution in [0.1, 0.15) is 28.7 Å². The third-order valence-electron chi connectivity index (χ3n) is 3.72. The van der Waals surface area contributed by atoms with E-state index in [-0.39, 0.29) is 5.91 Å². The molecular weight excluding hydrogens is 272 g/mol. The van der Waals surface area contributed by atoms with E-state index in [4.69, 9.17) is 0 Å². The molecule has 0 unspecified atom stereocenters. The third kappa shape index (κ3) is 4.35. The van der Waals surface area contributed by atoms with Gasteiger partial charge in [0.1, 0.15) is 0 Å². The molecule has 0 saturated carbocycles. The maximum atomic E-state index is 12.0. The Bertz CT molecular complexity index is 677. The minimum Gasteiger partial charge on any atom is -0.384 e. The molecule has 0 aliphatic rings. The van der Waals surface area contributed by atoms with Gasteiger partial charge in [0.25, 0.3) is 0 Å². The molecule has 22 heavy (non-hydrogen) atoms. The van der Waals surface area contributed by atoms with Crippen molar-refractivity contribution in [2.24, 2.45) is 0 Å². The van der Waals surface area contributed by atoms with Crippen molar-refractivity contribution >= 4 is 17.3 Å². The normalized spacial score (nSPS) is 10.4. The first kappa shape index (κ1) is 16.1. The molecule has 2 aromatic rings. The van der Waals surface area contributed by atoms with Crippen LogP contribution >= 0.6 is 0 Å². The molecule has 0 aliphatic heterocycles. The van der Waals surface area contributed by atoms with Crippen LogP contribution in [0.2, 0.25) is 0 Å². The molecule has 0 saturated heterocycles. The molecule has 0 aromatic heterocycles. The fraction of sp³-hybridized carbons (Fsp3) is 0.316. The first-order chi connectivity index (χ1) is 10.5. The highest BCUT2D eigenvalue weighted by Crippen LogP contribution is 2.17. The van der Waals surface area contributed by atoms with Crippen LogP contribution in [0.5, 0.6) is 0 Å². The number of nitrogens with one attached hydrogen (secondary N) is 2. The number of amides is 1. The van der Waals surface area contributed by atoms with E-state index in [1.54, 1.807) is 0 Å². The van der Waals surface area contributed by atoms with Gasteiger partial charge in [-0.05, 0) is 56.5 Å². The van der Waals surface area contributed by atoms with Gasteiger partial charge in [0.05, 0.1) is 0 Å². The van der Waals surface area contributed by atoms with E-state index in [2.05, 4.69) is 48.7 Å². The summed E-state index contributed by atoms with van der Waals surface area (Å²) in [7, 11) is 0. The Balaban J connectivity index is 1.86. The topological polar surface area (TPSA) is 41.1 Å². The van der Waals surface area contributed by atoms with Crippen molar-refractivity contribution in [3.63, 3.8) is 0 Å². The Morgan fingerprint density at radius 1 is 0.864 bits per heavy atom. The fourth-order valence-electron chi connectivity index (χ4n) is 2.40. The molecular formula is C19H24N2O. The predicted molar refractivity (Wildman–Crippen MR) is 93.6 cm³/mol. The molecule has 0 heterocycles. The third-order valence-corrected chi connectivity index (χ3v) is 3.72. The average Bonchev–Trinajstić information content (AvgIpc) is 2.46. The molecule has 1 amide bonds. The average molecular weight is 296 g/mol. The van der Waals surface area contributed by atoms with E-state index in [0.29, 0.717) is 13.0 Å². The van der Waals surface area contributed by atoms with Crippen molar-refractivity contribution in [3.05, 3.63) is 58.7 Å². The maximum absolute atomic E-state index is 12.0. The van der Waals surface area contributed by atoms with Gasteiger partial charge in [0, 0.05) is 24.3 Å². The number of hydrogen-bond acceptors (Lipinski definition) is 2. The standard InChI is InChI=1S/C19H24N2O/c1-13-6-8-17(16(4)11-13)21-19(22)9-10-20-18-12-14(2)5-7-15(18)3/h5-8,11-12,20H,9-10H2,1-4H3,(H,21,22). The van der Waals surface area contributed by atoms with Gasteiger partial charge in [-0.15, -0.1) is 0 Å². The first-order valence-corrected chi connectivity index (χ1v) is 7.64. The highest BCUT2D eigenvalue weighted by molar-refractivity contribution is 5.91. The lowest BCUT2D eigenvalue weighted by Gasteiger charge is -2.12. The van der Waals surface area contributed by atoms with Crippen LogP contribution in [0.3, 0.4) is 0 Å². The van der Waals surface area contributed by atoms with Gasteiger partial charge in [-0.25, -0.2) is 0 Å². The summed E-state index contributed by atoms with van der Waals surface area (Å²) in [6, 6.07) is 12.3. The summed E-state index contributed by atoms with van der Waals surface area (Å²) in [6.45, 7) is 8.82. The van der Waals surface area contributed by atoms with Gasteiger partial charge < -0.3 is 10.6 Å². The summed E-state index contributed by atoms with van der Waals surface area (Å²) in [5.41, 5.74) is 6.69. The number of carbonyl (C=O) groups is 1. The molecule has 0 radical (unpaired) electrons. The highest BCUT2D eigenvalue weighted by atomic mass is 16.1. The molecule has 0 bridgehead atoms. The molecule has 0 aliphatic carbocycles. The second-order valence-corrected chi connectivity index (χ2v) is 5.86. The van der Waals surface area contributed by atoms with Gasteiger partial charge >= 0.3 is 0 Å². The molecule has 2 rings (SSSR count). The quantitative estimate of drug-likeness (QED) is 0.860. The van der Waals surface area contributed by atoms with Crippen LogP contribution in [0.25, 0.3) is 0 Å². The molecule has 0 spiro atoms. The van der Waals surface area contributed by atoms with Gasteiger partial charge in [-0.3, -0.25) is 4.79 Å². The SMILES string of the molecule is Cc1ccc(NC(=O)CCNc2cc(C)ccc2C)c(C)c1. The second-order valence-electron chi connectivity index (χ2n) is 5.86. The summed E-state index contributed by atoms with van der Waals surface area (Å²) in [5, 5.41) is 6.30. The minimum absolute atomic E-state index is 0.0322. The largest absolute Gasteiger partial charge is 0.384 e. The van der Waals surface area contributed by atoms with Gasteiger partial charge in [-0.2, -0.15) is 0 Å². The van der Waals surface area contributed by atoms with Crippen LogP contribution in [0.4, 0.5) is 11.4 Å². The number of hydrogen-bond donors (Lipinski definition) is 2. The number of rotatable bonds is 5. The first-order valence-electron chi connectivity index (χ1n) is 7.64. The van der Waals surface area contributed by atoms with E-state index in [1.165, 1.54) is 16.7 Å². The monoisotopic (exact) mass is 296 g/mol. The second kappa shape index (κ2) is 7.12. The lowest BCUT2D eigenvalue weighted by atomic mass is 10.1. The Kier molecular flexibility index (Phi) is 5.21. The van der Waals surface area contributed by atoms with E-state index < -0.39 is 0 Å². The van der Waals surface area contributed by atoms with E-state index in [0.717, 1.165) is 16.9 Å². The van der Waals surface area contributed by atoms with Crippen molar-refractivity contribution in [2.45, 2.75) is 34.1 Å². The minimum atomic E-state index is 0.0322. The van der Waals surface area contributed by atoms with Crippen molar-refractivity contribution in [1.29, 1.82) is 0 Å². The number of anilines is 2. The van der Waals surface area contributed by atoms with Crippen LogP contribution in [0.15, 0.2) is 36.4 Å². The van der Waals surface area contributed by atoms with Crippen molar-refractivity contribution in [2.75, 3.05) is 17.2 Å². The van der Waals surface area contributed by atoms with E-state index >= 15 is 0 Å². The Hall–Kier alpha value is -2.29. The number of benzene rings is 2. The van der Waals surface area contributed by atoms with Crippen LogP contribution < -0.4 is 10.6 Å². The molecule has 0 fully saturated rings. The molecule has 0 atom stereocenters. The van der Waals surface area contributed by atoms with Crippen molar-refractivity contribution in [3.8, 4) is 0 Å². The van der Waals surface area contributed by atoms with E-state index in [9.17, 15) is 4.79 Å². The zero-order valence-electron chi connectivity index (χ0n) is 13.8. The molecule has 2 N–H and O–H groups in total. The van der Waals surface area contributed by atoms with Crippen LogP contribution in [-0.4, -0.2) is 12.5 Å². The highest BCUT2D eigenvalue weighted by Gasteiger charge is 2.05. The van der Waals surface area contributed by atoms with Crippen LogP contribution in [-0.2, 0) is 4.79 Å². The molecule has 3 nitrogen and oxygen atoms in total. The zero-order valence-corrected chi connectivity index (χ0v) is 13.8. The van der Waals surface area contributed by atoms with Gasteiger partial charge in [0.15, 0.2) is 0 Å². The lowest BCUT2D eigenvalue weighted by Crippen LogP contribution is -2.17. The summed E-state index contributed by atoms with van der Waals surface area (Å²) < 4.78 is 0. The molecule has 2 aromatic carbocycles. The predicted octanol–water partition coefficient (Wildman–Crippen LogP) is 4.36. The zero-order chi connectivity index (χ0) is 16.1. The van der Waals surface area contributed by atoms with Gasteiger partial charge in [-0.1, -0.05) is 29.8 Å². The molecule has 3 heteroatoms. The summed E-state index contributed by atoms with van der Waals surface area (Å²) in [4.78, 5) is 12.0. The number of carbonyl (C=O) groups excluding carboxylic acids is 1.